The van der Waals surface area contributed by atoms with Crippen molar-refractivity contribution in [1.82, 2.24) is 4.90 Å². The van der Waals surface area contributed by atoms with Gasteiger partial charge in [-0.15, -0.1) is 0 Å². The van der Waals surface area contributed by atoms with Crippen molar-refractivity contribution >= 4 is 11.4 Å². The van der Waals surface area contributed by atoms with E-state index in [0.29, 0.717) is 12.0 Å². The van der Waals surface area contributed by atoms with Gasteiger partial charge in [0.05, 0.1) is 0 Å². The SMILES string of the molecule is Cc1cc(N2CC(C)C(N(C)C)C2)ccc1N. The summed E-state index contributed by atoms with van der Waals surface area (Å²) in [6.07, 6.45) is 0. The van der Waals surface area contributed by atoms with Gasteiger partial charge in [0.1, 0.15) is 0 Å². The molecule has 0 aliphatic carbocycles. The molecular formula is C14H23N3. The molecule has 1 heterocycles. The third kappa shape index (κ3) is 2.39. The van der Waals surface area contributed by atoms with Crippen molar-refractivity contribution in [3.63, 3.8) is 0 Å². The number of nitrogens with zero attached hydrogens (tertiary/aromatic N) is 2. The van der Waals surface area contributed by atoms with E-state index in [1.54, 1.807) is 0 Å². The van der Waals surface area contributed by atoms with Gasteiger partial charge >= 0.3 is 0 Å². The van der Waals surface area contributed by atoms with Crippen molar-refractivity contribution in [3.05, 3.63) is 23.8 Å². The van der Waals surface area contributed by atoms with Crippen LogP contribution < -0.4 is 10.6 Å². The van der Waals surface area contributed by atoms with Crippen LogP contribution in [0.1, 0.15) is 12.5 Å². The van der Waals surface area contributed by atoms with Crippen molar-refractivity contribution < 1.29 is 0 Å². The second kappa shape index (κ2) is 4.57. The first-order valence-corrected chi connectivity index (χ1v) is 6.26. The van der Waals surface area contributed by atoms with E-state index >= 15 is 0 Å². The molecule has 2 rings (SSSR count). The lowest BCUT2D eigenvalue weighted by atomic mass is 10.1. The highest BCUT2D eigenvalue weighted by atomic mass is 15.2. The van der Waals surface area contributed by atoms with Crippen molar-refractivity contribution in [2.24, 2.45) is 5.92 Å². The van der Waals surface area contributed by atoms with Crippen LogP contribution in [0.3, 0.4) is 0 Å². The minimum absolute atomic E-state index is 0.646. The number of hydrogen-bond acceptors (Lipinski definition) is 3. The van der Waals surface area contributed by atoms with Crippen molar-refractivity contribution in [2.75, 3.05) is 37.8 Å². The summed E-state index contributed by atoms with van der Waals surface area (Å²) in [4.78, 5) is 4.79. The van der Waals surface area contributed by atoms with Gasteiger partial charge in [0.2, 0.25) is 0 Å². The van der Waals surface area contributed by atoms with Gasteiger partial charge in [0.25, 0.3) is 0 Å². The number of hydrogen-bond donors (Lipinski definition) is 1. The Bertz CT molecular complexity index is 400. The summed E-state index contributed by atoms with van der Waals surface area (Å²) < 4.78 is 0. The summed E-state index contributed by atoms with van der Waals surface area (Å²) >= 11 is 0. The molecule has 1 aliphatic heterocycles. The van der Waals surface area contributed by atoms with Gasteiger partial charge in [0.15, 0.2) is 0 Å². The molecule has 0 amide bonds. The number of benzene rings is 1. The number of aryl methyl sites for hydroxylation is 1. The first kappa shape index (κ1) is 12.2. The standard InChI is InChI=1S/C14H23N3/c1-10-7-12(5-6-13(10)15)17-8-11(2)14(9-17)16(3)4/h5-7,11,14H,8-9,15H2,1-4H3. The zero-order valence-corrected chi connectivity index (χ0v) is 11.3. The van der Waals surface area contributed by atoms with Gasteiger partial charge in [-0.25, -0.2) is 0 Å². The lowest BCUT2D eigenvalue weighted by Gasteiger charge is -2.23. The predicted octanol–water partition coefficient (Wildman–Crippen LogP) is 1.96. The zero-order valence-electron chi connectivity index (χ0n) is 11.3. The lowest BCUT2D eigenvalue weighted by Crippen LogP contribution is -2.34. The second-order valence-electron chi connectivity index (χ2n) is 5.45. The molecule has 0 radical (unpaired) electrons. The van der Waals surface area contributed by atoms with Gasteiger partial charge < -0.3 is 15.5 Å². The predicted molar refractivity (Wildman–Crippen MR) is 74.4 cm³/mol. The maximum atomic E-state index is 5.86. The number of nitrogen functional groups attached to an aromatic ring is 1. The van der Waals surface area contributed by atoms with Crippen LogP contribution in [0, 0.1) is 12.8 Å². The van der Waals surface area contributed by atoms with Crippen LogP contribution in [0.5, 0.6) is 0 Å². The van der Waals surface area contributed by atoms with Crippen LogP contribution >= 0.6 is 0 Å². The molecule has 94 valence electrons. The zero-order chi connectivity index (χ0) is 12.6. The maximum absolute atomic E-state index is 5.86. The van der Waals surface area contributed by atoms with E-state index in [9.17, 15) is 0 Å². The molecule has 17 heavy (non-hydrogen) atoms. The van der Waals surface area contributed by atoms with E-state index in [1.165, 1.54) is 11.3 Å². The number of rotatable bonds is 2. The van der Waals surface area contributed by atoms with Crippen molar-refractivity contribution in [3.8, 4) is 0 Å². The van der Waals surface area contributed by atoms with E-state index in [0.717, 1.165) is 18.8 Å². The summed E-state index contributed by atoms with van der Waals surface area (Å²) in [5.74, 6) is 0.711. The Balaban J connectivity index is 2.17. The third-order valence-corrected chi connectivity index (χ3v) is 3.85. The fourth-order valence-electron chi connectivity index (χ4n) is 2.69. The van der Waals surface area contributed by atoms with Gasteiger partial charge in [-0.2, -0.15) is 0 Å². The highest BCUT2D eigenvalue weighted by Crippen LogP contribution is 2.28. The summed E-state index contributed by atoms with van der Waals surface area (Å²) in [6, 6.07) is 6.98. The van der Waals surface area contributed by atoms with E-state index in [1.807, 2.05) is 6.07 Å². The molecule has 0 bridgehead atoms. The first-order valence-electron chi connectivity index (χ1n) is 6.26. The lowest BCUT2D eigenvalue weighted by molar-refractivity contribution is 0.266. The Morgan fingerprint density at radius 3 is 2.53 bits per heavy atom. The third-order valence-electron chi connectivity index (χ3n) is 3.85. The van der Waals surface area contributed by atoms with E-state index in [-0.39, 0.29) is 0 Å². The van der Waals surface area contributed by atoms with Crippen LogP contribution in [-0.2, 0) is 0 Å². The minimum Gasteiger partial charge on any atom is -0.399 e. The van der Waals surface area contributed by atoms with Crippen molar-refractivity contribution in [2.45, 2.75) is 19.9 Å². The van der Waals surface area contributed by atoms with Crippen LogP contribution in [0.25, 0.3) is 0 Å². The molecule has 0 spiro atoms. The highest BCUT2D eigenvalue weighted by Gasteiger charge is 2.30. The monoisotopic (exact) mass is 233 g/mol. The number of nitrogens with two attached hydrogens (primary N) is 1. The smallest absolute Gasteiger partial charge is 0.0371 e. The molecule has 0 saturated carbocycles. The second-order valence-corrected chi connectivity index (χ2v) is 5.45. The molecule has 2 unspecified atom stereocenters. The molecule has 2 atom stereocenters. The fraction of sp³-hybridized carbons (Fsp3) is 0.571. The Labute approximate surface area is 104 Å². The van der Waals surface area contributed by atoms with Gasteiger partial charge in [-0.1, -0.05) is 6.92 Å². The summed E-state index contributed by atoms with van der Waals surface area (Å²) in [7, 11) is 4.33. The van der Waals surface area contributed by atoms with Gasteiger partial charge in [0, 0.05) is 30.5 Å². The normalized spacial score (nSPS) is 24.6. The number of anilines is 2. The molecule has 3 heteroatoms. The maximum Gasteiger partial charge on any atom is 0.0371 e. The van der Waals surface area contributed by atoms with E-state index in [4.69, 9.17) is 5.73 Å². The summed E-state index contributed by atoms with van der Waals surface area (Å²) in [5.41, 5.74) is 9.21. The Morgan fingerprint density at radius 2 is 2.00 bits per heavy atom. The van der Waals surface area contributed by atoms with E-state index in [2.05, 4.69) is 49.9 Å². The van der Waals surface area contributed by atoms with Gasteiger partial charge in [-0.3, -0.25) is 0 Å². The topological polar surface area (TPSA) is 32.5 Å². The molecule has 1 saturated heterocycles. The van der Waals surface area contributed by atoms with Crippen LogP contribution in [-0.4, -0.2) is 38.1 Å². The molecule has 1 aliphatic rings. The molecule has 1 aromatic rings. The van der Waals surface area contributed by atoms with Gasteiger partial charge in [-0.05, 0) is 50.7 Å². The number of likely N-dealkylation sites (N-methyl/N-ethyl adjacent to an activating group) is 1. The Kier molecular flexibility index (Phi) is 3.29. The largest absolute Gasteiger partial charge is 0.399 e. The molecule has 3 nitrogen and oxygen atoms in total. The quantitative estimate of drug-likeness (QED) is 0.793. The highest BCUT2D eigenvalue weighted by molar-refractivity contribution is 5.58. The molecule has 1 aromatic carbocycles. The fourth-order valence-corrected chi connectivity index (χ4v) is 2.69. The Hall–Kier alpha value is -1.22. The average Bonchev–Trinajstić information content (AvgIpc) is 2.64. The molecule has 0 aromatic heterocycles. The van der Waals surface area contributed by atoms with Crippen LogP contribution in [0.15, 0.2) is 18.2 Å². The average molecular weight is 233 g/mol. The van der Waals surface area contributed by atoms with Crippen LogP contribution in [0.2, 0.25) is 0 Å². The molecule has 1 fully saturated rings. The first-order chi connectivity index (χ1) is 7.99. The molecule has 2 N–H and O–H groups in total. The minimum atomic E-state index is 0.646. The van der Waals surface area contributed by atoms with Crippen molar-refractivity contribution in [1.29, 1.82) is 0 Å². The Morgan fingerprint density at radius 1 is 1.29 bits per heavy atom. The van der Waals surface area contributed by atoms with Crippen LogP contribution in [0.4, 0.5) is 11.4 Å². The van der Waals surface area contributed by atoms with E-state index < -0.39 is 0 Å². The summed E-state index contributed by atoms with van der Waals surface area (Å²) in [6.45, 7) is 6.64. The molecular weight excluding hydrogens is 210 g/mol. The summed E-state index contributed by atoms with van der Waals surface area (Å²) in [5, 5.41) is 0.